The summed E-state index contributed by atoms with van der Waals surface area (Å²) in [5, 5.41) is 22.4. The van der Waals surface area contributed by atoms with Crippen LogP contribution in [-0.4, -0.2) is 109 Å². The SMILES string of the molecule is Cc1ncnc2c1ncn2[C@@H]1O[C@H](COP(C)(=O)O)[C@@H](O)[C@H]1OP(=O)(O)OC[C@H]1O[C@@H](n2cnc3c(N)ncnc32)[C@H](C(C)C)[C@@H]1O. The van der Waals surface area contributed by atoms with Crippen molar-refractivity contribution in [2.24, 2.45) is 11.8 Å². The summed E-state index contributed by atoms with van der Waals surface area (Å²) in [5.74, 6) is -0.454. The molecule has 6 N–H and O–H groups in total. The van der Waals surface area contributed by atoms with Crippen LogP contribution in [0.2, 0.25) is 0 Å². The van der Waals surface area contributed by atoms with Crippen molar-refractivity contribution in [3.05, 3.63) is 31.0 Å². The lowest BCUT2D eigenvalue weighted by Gasteiger charge is -2.25. The van der Waals surface area contributed by atoms with E-state index in [2.05, 4.69) is 29.9 Å². The van der Waals surface area contributed by atoms with Crippen LogP contribution in [0.3, 0.4) is 0 Å². The number of nitrogen functional groups attached to an aromatic ring is 1. The van der Waals surface area contributed by atoms with Gasteiger partial charge in [0, 0.05) is 12.6 Å². The molecule has 0 amide bonds. The Bertz CT molecular complexity index is 1850. The average molecular weight is 700 g/mol. The molecule has 6 rings (SSSR count). The third-order valence-corrected chi connectivity index (χ3v) is 9.73. The maximum absolute atomic E-state index is 13.4. The lowest BCUT2D eigenvalue weighted by atomic mass is 9.88. The van der Waals surface area contributed by atoms with Crippen molar-refractivity contribution in [1.29, 1.82) is 0 Å². The Morgan fingerprint density at radius 2 is 1.45 bits per heavy atom. The Morgan fingerprint density at radius 1 is 0.872 bits per heavy atom. The second-order valence-electron chi connectivity index (χ2n) is 11.7. The monoisotopic (exact) mass is 699 g/mol. The number of nitrogens with two attached hydrogens (primary N) is 1. The van der Waals surface area contributed by atoms with Gasteiger partial charge in [-0.1, -0.05) is 13.8 Å². The van der Waals surface area contributed by atoms with E-state index in [0.717, 1.165) is 6.66 Å². The summed E-state index contributed by atoms with van der Waals surface area (Å²) in [6.45, 7) is 5.32. The van der Waals surface area contributed by atoms with Crippen LogP contribution in [0, 0.1) is 18.8 Å². The van der Waals surface area contributed by atoms with Gasteiger partial charge in [-0.05, 0) is 12.8 Å². The molecule has 10 atom stereocenters. The second-order valence-corrected chi connectivity index (χ2v) is 15.0. The van der Waals surface area contributed by atoms with Crippen molar-refractivity contribution in [1.82, 2.24) is 39.0 Å². The molecule has 2 unspecified atom stereocenters. The third kappa shape index (κ3) is 6.68. The van der Waals surface area contributed by atoms with Gasteiger partial charge >= 0.3 is 15.4 Å². The molecule has 0 aromatic carbocycles. The van der Waals surface area contributed by atoms with Crippen LogP contribution >= 0.6 is 15.4 Å². The quantitative estimate of drug-likeness (QED) is 0.135. The molecular weight excluding hydrogens is 664 g/mol. The molecule has 2 fully saturated rings. The Balaban J connectivity index is 1.21. The van der Waals surface area contributed by atoms with Gasteiger partial charge < -0.3 is 39.7 Å². The van der Waals surface area contributed by atoms with E-state index in [1.165, 1.54) is 29.9 Å². The number of fused-ring (bicyclic) bond motifs is 2. The van der Waals surface area contributed by atoms with Gasteiger partial charge in [0.2, 0.25) is 0 Å². The summed E-state index contributed by atoms with van der Waals surface area (Å²) in [6.07, 6.45) is -3.43. The zero-order valence-electron chi connectivity index (χ0n) is 25.6. The average Bonchev–Trinajstić information content (AvgIpc) is 3.75. The number of rotatable bonds is 11. The van der Waals surface area contributed by atoms with Gasteiger partial charge in [-0.25, -0.2) is 34.5 Å². The Morgan fingerprint density at radius 3 is 2.13 bits per heavy atom. The molecule has 2 aliphatic rings. The van der Waals surface area contributed by atoms with Gasteiger partial charge in [0.15, 0.2) is 23.3 Å². The fourth-order valence-electron chi connectivity index (χ4n) is 5.85. The van der Waals surface area contributed by atoms with Crippen molar-refractivity contribution in [2.75, 3.05) is 25.6 Å². The first-order valence-corrected chi connectivity index (χ1v) is 18.0. The largest absolute Gasteiger partial charge is 0.472 e. The molecular formula is C25H35N9O11P2. The van der Waals surface area contributed by atoms with E-state index in [0.29, 0.717) is 22.4 Å². The van der Waals surface area contributed by atoms with Crippen molar-refractivity contribution in [3.63, 3.8) is 0 Å². The van der Waals surface area contributed by atoms with Crippen molar-refractivity contribution >= 4 is 43.6 Å². The second kappa shape index (κ2) is 12.8. The Labute approximate surface area is 267 Å². The van der Waals surface area contributed by atoms with Crippen LogP contribution in [0.25, 0.3) is 22.3 Å². The van der Waals surface area contributed by atoms with E-state index in [4.69, 9.17) is 28.8 Å². The van der Waals surface area contributed by atoms with Crippen LogP contribution in [0.5, 0.6) is 0 Å². The van der Waals surface area contributed by atoms with E-state index in [-0.39, 0.29) is 17.4 Å². The van der Waals surface area contributed by atoms with Crippen molar-refractivity contribution in [2.45, 2.75) is 63.7 Å². The van der Waals surface area contributed by atoms with Gasteiger partial charge in [-0.15, -0.1) is 0 Å². The summed E-state index contributed by atoms with van der Waals surface area (Å²) < 4.78 is 55.9. The summed E-state index contributed by atoms with van der Waals surface area (Å²) in [7, 11) is -8.98. The third-order valence-electron chi connectivity index (χ3n) is 8.11. The van der Waals surface area contributed by atoms with Crippen LogP contribution in [0.1, 0.15) is 32.0 Å². The number of aryl methyl sites for hydroxylation is 1. The first-order chi connectivity index (χ1) is 22.1. The van der Waals surface area contributed by atoms with E-state index in [9.17, 15) is 29.1 Å². The number of imidazole rings is 2. The Hall–Kier alpha value is -3.00. The minimum Gasteiger partial charge on any atom is -0.390 e. The number of aromatic nitrogens is 8. The predicted octanol–water partition coefficient (Wildman–Crippen LogP) is 0.680. The molecule has 22 heteroatoms. The number of nitrogens with zero attached hydrogens (tertiary/aromatic N) is 8. The van der Waals surface area contributed by atoms with Gasteiger partial charge in [0.25, 0.3) is 0 Å². The maximum Gasteiger partial charge on any atom is 0.472 e. The van der Waals surface area contributed by atoms with Crippen LogP contribution in [0.15, 0.2) is 25.3 Å². The number of aliphatic hydroxyl groups is 2. The van der Waals surface area contributed by atoms with Gasteiger partial charge in [-0.3, -0.25) is 22.7 Å². The molecule has 0 radical (unpaired) electrons. The molecule has 0 bridgehead atoms. The fraction of sp³-hybridized carbons (Fsp3) is 0.600. The summed E-state index contributed by atoms with van der Waals surface area (Å²) >= 11 is 0. The van der Waals surface area contributed by atoms with Crippen LogP contribution in [-0.2, 0) is 32.2 Å². The summed E-state index contributed by atoms with van der Waals surface area (Å²) in [4.78, 5) is 45.5. The van der Waals surface area contributed by atoms with E-state index < -0.39 is 77.5 Å². The highest BCUT2D eigenvalue weighted by Crippen LogP contribution is 2.51. The highest BCUT2D eigenvalue weighted by atomic mass is 31.2. The number of ether oxygens (including phenoxy) is 2. The zero-order valence-corrected chi connectivity index (χ0v) is 27.4. The molecule has 4 aromatic heterocycles. The van der Waals surface area contributed by atoms with Gasteiger partial charge in [0.1, 0.15) is 54.3 Å². The van der Waals surface area contributed by atoms with Crippen LogP contribution in [0.4, 0.5) is 5.82 Å². The normalized spacial score (nSPS) is 30.7. The molecule has 0 aliphatic carbocycles. The minimum atomic E-state index is -5.01. The number of hydrogen-bond acceptors (Lipinski definition) is 16. The first-order valence-electron chi connectivity index (χ1n) is 14.5. The summed E-state index contributed by atoms with van der Waals surface area (Å²) in [5.41, 5.74) is 7.88. The number of anilines is 1. The molecule has 4 aromatic rings. The highest BCUT2D eigenvalue weighted by Gasteiger charge is 2.51. The standard InChI is InChI=1S/C25H35N9O11P2/c1-11(2)15-18(35)13(43-24(15)33-10-32-17-21(26)28-8-30-23(17)33)6-42-47(39,40)45-20-19(36)14(5-41-46(4,37)38)44-25(20)34-9-31-16-12(3)27-7-29-22(16)34/h7-11,13-15,18-20,24-25,35-36H,5-6H2,1-4H3,(H,37,38)(H,39,40)(H2,26,28,30)/t13-,14-,15-,18-,19-,20-,24-,25-/m1/s1. The number of hydrogen-bond donors (Lipinski definition) is 5. The smallest absolute Gasteiger partial charge is 0.390 e. The number of aliphatic hydroxyl groups excluding tert-OH is 2. The highest BCUT2D eigenvalue weighted by molar-refractivity contribution is 7.51. The molecule has 0 saturated carbocycles. The lowest BCUT2D eigenvalue weighted by molar-refractivity contribution is -0.0593. The molecule has 6 heterocycles. The van der Waals surface area contributed by atoms with Crippen molar-refractivity contribution < 1.29 is 52.2 Å². The van der Waals surface area contributed by atoms with Crippen LogP contribution < -0.4 is 5.73 Å². The summed E-state index contributed by atoms with van der Waals surface area (Å²) in [6, 6.07) is 0. The molecule has 47 heavy (non-hydrogen) atoms. The maximum atomic E-state index is 13.4. The van der Waals surface area contributed by atoms with E-state index >= 15 is 0 Å². The Kier molecular flexibility index (Phi) is 9.22. The van der Waals surface area contributed by atoms with E-state index in [1.807, 2.05) is 13.8 Å². The molecule has 20 nitrogen and oxygen atoms in total. The molecule has 256 valence electrons. The number of phosphoric acid groups is 1. The number of phosphoric ester groups is 1. The molecule has 2 aliphatic heterocycles. The minimum absolute atomic E-state index is 0.116. The first kappa shape index (κ1) is 33.9. The van der Waals surface area contributed by atoms with E-state index in [1.54, 1.807) is 11.5 Å². The zero-order chi connectivity index (χ0) is 33.8. The predicted molar refractivity (Wildman–Crippen MR) is 160 cm³/mol. The lowest BCUT2D eigenvalue weighted by Crippen LogP contribution is -2.36. The van der Waals surface area contributed by atoms with Crippen molar-refractivity contribution in [3.8, 4) is 0 Å². The molecule has 2 saturated heterocycles. The molecule has 0 spiro atoms. The topological polar surface area (TPSA) is 274 Å². The van der Waals surface area contributed by atoms with Gasteiger partial charge in [0.05, 0.1) is 37.7 Å². The fourth-order valence-corrected chi connectivity index (χ4v) is 7.20. The van der Waals surface area contributed by atoms with Gasteiger partial charge in [-0.2, -0.15) is 0 Å².